The van der Waals surface area contributed by atoms with Crippen molar-refractivity contribution in [3.63, 3.8) is 0 Å². The molecule has 3 aromatic carbocycles. The fourth-order valence-corrected chi connectivity index (χ4v) is 4.01. The van der Waals surface area contributed by atoms with Crippen molar-refractivity contribution in [3.8, 4) is 11.3 Å². The Labute approximate surface area is 192 Å². The molecule has 0 saturated heterocycles. The molecule has 5 nitrogen and oxygen atoms in total. The number of quaternary nitrogens is 1. The molecule has 1 amide bonds. The van der Waals surface area contributed by atoms with Crippen LogP contribution in [0.2, 0.25) is 0 Å². The molecule has 168 valence electrons. The fraction of sp³-hybridized carbons (Fsp3) is 0.185. The summed E-state index contributed by atoms with van der Waals surface area (Å²) in [6, 6.07) is 22.7. The van der Waals surface area contributed by atoms with Gasteiger partial charge < -0.3 is 15.2 Å². The lowest BCUT2D eigenvalue weighted by atomic mass is 9.95. The van der Waals surface area contributed by atoms with Gasteiger partial charge in [0.25, 0.3) is 5.91 Å². The van der Waals surface area contributed by atoms with Crippen molar-refractivity contribution in [1.82, 2.24) is 10.3 Å². The van der Waals surface area contributed by atoms with Gasteiger partial charge in [0.05, 0.1) is 36.9 Å². The third kappa shape index (κ3) is 5.08. The number of nitrogens with zero attached hydrogens (tertiary/aromatic N) is 2. The highest BCUT2D eigenvalue weighted by Gasteiger charge is 2.25. The lowest BCUT2D eigenvalue weighted by Crippen LogP contribution is -2.34. The molecule has 4 rings (SSSR count). The molecular weight excluding hydrogens is 417 g/mol. The number of hydrogen-bond acceptors (Lipinski definition) is 3. The number of fused-ring (bicyclic) bond motifs is 1. The van der Waals surface area contributed by atoms with Crippen molar-refractivity contribution in [3.05, 3.63) is 107 Å². The highest BCUT2D eigenvalue weighted by atomic mass is 19.1. The second kappa shape index (κ2) is 9.10. The van der Waals surface area contributed by atoms with Crippen molar-refractivity contribution in [2.75, 3.05) is 14.1 Å². The first-order chi connectivity index (χ1) is 15.7. The van der Waals surface area contributed by atoms with Crippen molar-refractivity contribution in [1.29, 1.82) is 0 Å². The number of nitrogens with one attached hydrogen (secondary N) is 1. The quantitative estimate of drug-likeness (QED) is 0.311. The number of halogens is 1. The minimum absolute atomic E-state index is 0.0686. The number of hydrogen-bond donors (Lipinski definition) is 1. The largest absolute Gasteiger partial charge is 0.633 e. The van der Waals surface area contributed by atoms with Crippen molar-refractivity contribution >= 4 is 16.8 Å². The molecule has 1 N–H and O–H groups in total. The summed E-state index contributed by atoms with van der Waals surface area (Å²) in [5.41, 5.74) is 3.78. The topological polar surface area (TPSA) is 65.0 Å². The van der Waals surface area contributed by atoms with Gasteiger partial charge >= 0.3 is 0 Å². The molecule has 0 aliphatic carbocycles. The molecule has 0 spiro atoms. The number of carbonyl (C=O) groups is 1. The normalized spacial score (nSPS) is 12.5. The zero-order chi connectivity index (χ0) is 23.6. The van der Waals surface area contributed by atoms with Gasteiger partial charge in [-0.2, -0.15) is 0 Å². The summed E-state index contributed by atoms with van der Waals surface area (Å²) >= 11 is 0. The van der Waals surface area contributed by atoms with Gasteiger partial charge in [-0.25, -0.2) is 9.37 Å². The summed E-state index contributed by atoms with van der Waals surface area (Å²) in [5, 5.41) is 16.5. The maximum absolute atomic E-state index is 13.7. The van der Waals surface area contributed by atoms with Crippen LogP contribution in [0, 0.1) is 11.0 Å². The number of amides is 1. The maximum Gasteiger partial charge on any atom is 0.253 e. The van der Waals surface area contributed by atoms with E-state index in [-0.39, 0.29) is 18.3 Å². The van der Waals surface area contributed by atoms with Gasteiger partial charge in [-0.15, -0.1) is 0 Å². The van der Waals surface area contributed by atoms with E-state index in [9.17, 15) is 14.4 Å². The Morgan fingerprint density at radius 1 is 1.03 bits per heavy atom. The molecule has 0 saturated carbocycles. The van der Waals surface area contributed by atoms with E-state index in [4.69, 9.17) is 4.98 Å². The molecule has 6 heteroatoms. The lowest BCUT2D eigenvalue weighted by molar-refractivity contribution is -0.853. The molecule has 1 unspecified atom stereocenters. The number of pyridine rings is 1. The van der Waals surface area contributed by atoms with Gasteiger partial charge in [0.1, 0.15) is 12.4 Å². The molecule has 0 fully saturated rings. The first-order valence-corrected chi connectivity index (χ1v) is 10.8. The summed E-state index contributed by atoms with van der Waals surface area (Å²) in [6.07, 6.45) is 0. The Hall–Kier alpha value is -3.61. The van der Waals surface area contributed by atoms with Gasteiger partial charge in [-0.05, 0) is 30.7 Å². The summed E-state index contributed by atoms with van der Waals surface area (Å²) in [4.78, 5) is 18.5. The van der Waals surface area contributed by atoms with Gasteiger partial charge in [0.15, 0.2) is 0 Å². The van der Waals surface area contributed by atoms with E-state index in [1.54, 1.807) is 33.2 Å². The minimum atomic E-state index is -0.612. The lowest BCUT2D eigenvalue weighted by Gasteiger charge is -2.35. The number of aromatic nitrogens is 1. The predicted octanol–water partition coefficient (Wildman–Crippen LogP) is 5.61. The predicted molar refractivity (Wildman–Crippen MR) is 129 cm³/mol. The number of para-hydroxylation sites is 1. The fourth-order valence-electron chi connectivity index (χ4n) is 4.01. The van der Waals surface area contributed by atoms with Crippen LogP contribution in [0.1, 0.15) is 34.5 Å². The van der Waals surface area contributed by atoms with Gasteiger partial charge in [0, 0.05) is 16.5 Å². The Bertz CT molecular complexity index is 1300. The average Bonchev–Trinajstić information content (AvgIpc) is 2.78. The highest BCUT2D eigenvalue weighted by molar-refractivity contribution is 6.09. The van der Waals surface area contributed by atoms with Crippen LogP contribution in [0.25, 0.3) is 22.2 Å². The maximum atomic E-state index is 13.7. The molecule has 1 heterocycles. The SMILES string of the molecule is CC(NC(=O)c1c(C[N+](C)(C)[O-])c(-c2ccccc2)nc2ccccc12)c1cccc(F)c1. The van der Waals surface area contributed by atoms with Crippen LogP contribution in [0.3, 0.4) is 0 Å². The number of carbonyl (C=O) groups excluding carboxylic acids is 1. The van der Waals surface area contributed by atoms with Crippen LogP contribution in [0.15, 0.2) is 78.9 Å². The Balaban J connectivity index is 1.89. The molecular formula is C27H26FN3O2. The molecule has 0 aliphatic heterocycles. The van der Waals surface area contributed by atoms with E-state index in [1.807, 2.05) is 54.6 Å². The van der Waals surface area contributed by atoms with Crippen LogP contribution in [-0.4, -0.2) is 29.6 Å². The smallest absolute Gasteiger partial charge is 0.253 e. The Morgan fingerprint density at radius 3 is 2.42 bits per heavy atom. The van der Waals surface area contributed by atoms with E-state index >= 15 is 0 Å². The van der Waals surface area contributed by atoms with E-state index < -0.39 is 10.7 Å². The standard InChI is InChI=1S/C27H26FN3O2/c1-18(20-12-9-13-21(28)16-20)29-27(32)25-22-14-7-8-15-24(22)30-26(19-10-5-4-6-11-19)23(25)17-31(2,3)33/h4-16,18H,17H2,1-3H3,(H,29,32). The highest BCUT2D eigenvalue weighted by Crippen LogP contribution is 2.32. The first kappa shape index (κ1) is 22.6. The molecule has 33 heavy (non-hydrogen) atoms. The van der Waals surface area contributed by atoms with Gasteiger partial charge in [0.2, 0.25) is 0 Å². The van der Waals surface area contributed by atoms with E-state index in [0.717, 1.165) is 5.56 Å². The van der Waals surface area contributed by atoms with Gasteiger partial charge in [-0.1, -0.05) is 60.7 Å². The molecule has 0 radical (unpaired) electrons. The van der Waals surface area contributed by atoms with Crippen LogP contribution in [0.5, 0.6) is 0 Å². The molecule has 0 aliphatic rings. The third-order valence-electron chi connectivity index (χ3n) is 5.50. The van der Waals surface area contributed by atoms with Crippen molar-refractivity contribution in [2.24, 2.45) is 0 Å². The molecule has 0 bridgehead atoms. The molecule has 1 aromatic heterocycles. The number of benzene rings is 3. The van der Waals surface area contributed by atoms with Crippen LogP contribution < -0.4 is 5.32 Å². The second-order valence-corrected chi connectivity index (χ2v) is 8.68. The number of hydroxylamine groups is 3. The van der Waals surface area contributed by atoms with E-state index in [2.05, 4.69) is 5.32 Å². The second-order valence-electron chi connectivity index (χ2n) is 8.68. The summed E-state index contributed by atoms with van der Waals surface area (Å²) < 4.78 is 13.1. The van der Waals surface area contributed by atoms with E-state index in [0.29, 0.717) is 33.3 Å². The monoisotopic (exact) mass is 443 g/mol. The minimum Gasteiger partial charge on any atom is -0.633 e. The molecule has 4 aromatic rings. The third-order valence-corrected chi connectivity index (χ3v) is 5.50. The first-order valence-electron chi connectivity index (χ1n) is 10.8. The number of rotatable bonds is 6. The zero-order valence-corrected chi connectivity index (χ0v) is 18.9. The molecule has 1 atom stereocenters. The summed E-state index contributed by atoms with van der Waals surface area (Å²) in [6.45, 7) is 1.88. The zero-order valence-electron chi connectivity index (χ0n) is 18.9. The van der Waals surface area contributed by atoms with Crippen molar-refractivity contribution < 1.29 is 13.8 Å². The van der Waals surface area contributed by atoms with E-state index in [1.165, 1.54) is 12.1 Å². The van der Waals surface area contributed by atoms with Crippen LogP contribution in [0.4, 0.5) is 4.39 Å². The Kier molecular flexibility index (Phi) is 6.22. The van der Waals surface area contributed by atoms with Crippen LogP contribution in [-0.2, 0) is 6.54 Å². The summed E-state index contributed by atoms with van der Waals surface area (Å²) in [7, 11) is 3.09. The summed E-state index contributed by atoms with van der Waals surface area (Å²) in [5.74, 6) is -0.689. The Morgan fingerprint density at radius 2 is 1.73 bits per heavy atom. The average molecular weight is 444 g/mol. The van der Waals surface area contributed by atoms with Gasteiger partial charge in [-0.3, -0.25) is 4.79 Å². The van der Waals surface area contributed by atoms with Crippen molar-refractivity contribution in [2.45, 2.75) is 19.5 Å². The van der Waals surface area contributed by atoms with Crippen LogP contribution >= 0.6 is 0 Å².